The van der Waals surface area contributed by atoms with Gasteiger partial charge < -0.3 is 19.8 Å². The van der Waals surface area contributed by atoms with Crippen LogP contribution in [0.5, 0.6) is 11.5 Å². The Morgan fingerprint density at radius 3 is 2.50 bits per heavy atom. The Labute approximate surface area is 176 Å². The van der Waals surface area contributed by atoms with Gasteiger partial charge in [-0.1, -0.05) is 12.1 Å². The minimum Gasteiger partial charge on any atom is -0.507 e. The number of methoxy groups -OCH3 is 1. The second kappa shape index (κ2) is 9.77. The summed E-state index contributed by atoms with van der Waals surface area (Å²) in [5.41, 5.74) is 3.31. The maximum absolute atomic E-state index is 9.95. The summed E-state index contributed by atoms with van der Waals surface area (Å²) in [6.07, 6.45) is 3.88. The summed E-state index contributed by atoms with van der Waals surface area (Å²) in [5.74, 6) is 1.75. The van der Waals surface area contributed by atoms with Gasteiger partial charge in [-0.3, -0.25) is 0 Å². The van der Waals surface area contributed by atoms with Gasteiger partial charge in [-0.25, -0.2) is 0 Å². The molecule has 1 aliphatic rings. The lowest BCUT2D eigenvalue weighted by Crippen LogP contribution is -2.35. The van der Waals surface area contributed by atoms with Crippen LogP contribution in [0, 0.1) is 5.92 Å². The largest absolute Gasteiger partial charge is 0.507 e. The second-order valence-electron chi connectivity index (χ2n) is 7.78. The molecule has 1 atom stereocenters. The van der Waals surface area contributed by atoms with Crippen LogP contribution in [0.2, 0.25) is 0 Å². The molecule has 0 radical (unpaired) electrons. The number of phenols is 1. The summed E-state index contributed by atoms with van der Waals surface area (Å²) in [5, 5.41) is 19.8. The number of benzene rings is 2. The Bertz CT molecular complexity index is 785. The molecule has 2 aromatic carbocycles. The number of piperidine rings is 1. The van der Waals surface area contributed by atoms with Crippen molar-refractivity contribution < 1.29 is 14.9 Å². The van der Waals surface area contributed by atoms with Gasteiger partial charge in [0.05, 0.1) is 17.7 Å². The highest BCUT2D eigenvalue weighted by molar-refractivity contribution is 9.10. The first kappa shape index (κ1) is 21.2. The molecule has 1 unspecified atom stereocenters. The third-order valence-corrected chi connectivity index (χ3v) is 6.37. The van der Waals surface area contributed by atoms with Crippen molar-refractivity contribution in [3.8, 4) is 11.5 Å². The molecule has 3 rings (SSSR count). The van der Waals surface area contributed by atoms with Gasteiger partial charge in [-0.15, -0.1) is 0 Å². The van der Waals surface area contributed by atoms with Gasteiger partial charge in [0.25, 0.3) is 0 Å². The lowest BCUT2D eigenvalue weighted by Gasteiger charge is -2.32. The third kappa shape index (κ3) is 5.49. The maximum atomic E-state index is 9.95. The summed E-state index contributed by atoms with van der Waals surface area (Å²) in [4.78, 5) is 2.53. The zero-order valence-corrected chi connectivity index (χ0v) is 18.3. The van der Waals surface area contributed by atoms with Crippen LogP contribution in [0.15, 0.2) is 40.9 Å². The SMILES string of the molecule is COc1ccc(CCN2CCC(Cc3ccc(Br)c(O)c3)CC2)cc1C(C)O. The fraction of sp³-hybridized carbons (Fsp3) is 0.478. The maximum Gasteiger partial charge on any atom is 0.130 e. The fourth-order valence-corrected chi connectivity index (χ4v) is 4.23. The van der Waals surface area contributed by atoms with Crippen LogP contribution in [0.25, 0.3) is 0 Å². The first-order valence-corrected chi connectivity index (χ1v) is 10.8. The molecule has 5 heteroatoms. The number of hydrogen-bond donors (Lipinski definition) is 2. The van der Waals surface area contributed by atoms with Crippen molar-refractivity contribution in [1.29, 1.82) is 0 Å². The minimum atomic E-state index is -0.524. The van der Waals surface area contributed by atoms with Crippen molar-refractivity contribution in [2.24, 2.45) is 5.92 Å². The summed E-state index contributed by atoms with van der Waals surface area (Å²) in [7, 11) is 1.64. The molecule has 28 heavy (non-hydrogen) atoms. The molecule has 0 bridgehead atoms. The molecular formula is C23H30BrNO3. The molecule has 0 saturated carbocycles. The monoisotopic (exact) mass is 447 g/mol. The Balaban J connectivity index is 1.48. The number of phenolic OH excluding ortho intramolecular Hbond substituents is 1. The molecule has 4 nitrogen and oxygen atoms in total. The van der Waals surface area contributed by atoms with E-state index in [9.17, 15) is 10.2 Å². The molecule has 0 aliphatic carbocycles. The van der Waals surface area contributed by atoms with E-state index in [1.165, 1.54) is 24.0 Å². The fourth-order valence-electron chi connectivity index (χ4n) is 3.99. The smallest absolute Gasteiger partial charge is 0.130 e. The molecule has 0 aromatic heterocycles. The number of likely N-dealkylation sites (tertiary alicyclic amines) is 1. The molecule has 2 aromatic rings. The van der Waals surface area contributed by atoms with E-state index < -0.39 is 6.10 Å². The van der Waals surface area contributed by atoms with Crippen LogP contribution < -0.4 is 4.74 Å². The van der Waals surface area contributed by atoms with E-state index in [0.29, 0.717) is 11.7 Å². The lowest BCUT2D eigenvalue weighted by molar-refractivity contribution is 0.185. The van der Waals surface area contributed by atoms with Crippen molar-refractivity contribution in [2.45, 2.75) is 38.7 Å². The van der Waals surface area contributed by atoms with Gasteiger partial charge in [0.1, 0.15) is 11.5 Å². The summed E-state index contributed by atoms with van der Waals surface area (Å²) in [6, 6.07) is 12.0. The summed E-state index contributed by atoms with van der Waals surface area (Å²) < 4.78 is 6.10. The number of hydrogen-bond acceptors (Lipinski definition) is 4. The third-order valence-electron chi connectivity index (χ3n) is 5.70. The Morgan fingerprint density at radius 2 is 1.86 bits per heavy atom. The number of aliphatic hydroxyl groups is 1. The van der Waals surface area contributed by atoms with Crippen molar-refractivity contribution in [3.05, 3.63) is 57.6 Å². The number of aromatic hydroxyl groups is 1. The first-order chi connectivity index (χ1) is 13.5. The number of rotatable bonds is 7. The number of ether oxygens (including phenoxy) is 1. The average molecular weight is 448 g/mol. The predicted molar refractivity (Wildman–Crippen MR) is 116 cm³/mol. The van der Waals surface area contributed by atoms with Crippen molar-refractivity contribution in [3.63, 3.8) is 0 Å². The molecule has 2 N–H and O–H groups in total. The molecule has 0 spiro atoms. The highest BCUT2D eigenvalue weighted by atomic mass is 79.9. The molecule has 1 fully saturated rings. The Kier molecular flexibility index (Phi) is 7.38. The normalized spacial score (nSPS) is 16.9. The first-order valence-electron chi connectivity index (χ1n) is 10.0. The second-order valence-corrected chi connectivity index (χ2v) is 8.63. The highest BCUT2D eigenvalue weighted by Crippen LogP contribution is 2.29. The van der Waals surface area contributed by atoms with Crippen LogP contribution in [0.4, 0.5) is 0 Å². The van der Waals surface area contributed by atoms with Crippen molar-refractivity contribution in [2.75, 3.05) is 26.7 Å². The summed E-state index contributed by atoms with van der Waals surface area (Å²) >= 11 is 3.34. The quantitative estimate of drug-likeness (QED) is 0.644. The molecular weight excluding hydrogens is 418 g/mol. The predicted octanol–water partition coefficient (Wildman–Crippen LogP) is 4.71. The topological polar surface area (TPSA) is 52.9 Å². The van der Waals surface area contributed by atoms with E-state index in [1.807, 2.05) is 18.2 Å². The van der Waals surface area contributed by atoms with Crippen molar-refractivity contribution >= 4 is 15.9 Å². The molecule has 152 valence electrons. The van der Waals surface area contributed by atoms with Crippen molar-refractivity contribution in [1.82, 2.24) is 4.90 Å². The standard InChI is InChI=1S/C23H30BrNO3/c1-16(26)20-14-17(4-6-23(20)28-2)7-10-25-11-8-18(9-12-25)13-19-3-5-21(24)22(27)15-19/h3-6,14-16,18,26-27H,7-13H2,1-2H3. The Morgan fingerprint density at radius 1 is 1.14 bits per heavy atom. The van der Waals surface area contributed by atoms with Crippen LogP contribution >= 0.6 is 15.9 Å². The number of halogens is 1. The van der Waals surface area contributed by atoms with Gasteiger partial charge in [-0.2, -0.15) is 0 Å². The lowest BCUT2D eigenvalue weighted by atomic mass is 9.90. The van der Waals surface area contributed by atoms with Gasteiger partial charge in [0, 0.05) is 12.1 Å². The van der Waals surface area contributed by atoms with E-state index in [-0.39, 0.29) is 0 Å². The Hall–Kier alpha value is -1.56. The van der Waals surface area contributed by atoms with E-state index in [1.54, 1.807) is 14.0 Å². The number of nitrogens with zero attached hydrogens (tertiary/aromatic N) is 1. The molecule has 1 heterocycles. The van der Waals surface area contributed by atoms with E-state index in [2.05, 4.69) is 39.0 Å². The highest BCUT2D eigenvalue weighted by Gasteiger charge is 2.20. The van der Waals surface area contributed by atoms with E-state index >= 15 is 0 Å². The van der Waals surface area contributed by atoms with E-state index in [4.69, 9.17) is 4.74 Å². The zero-order chi connectivity index (χ0) is 20.1. The van der Waals surface area contributed by atoms with Crippen LogP contribution in [0.3, 0.4) is 0 Å². The molecule has 1 saturated heterocycles. The van der Waals surface area contributed by atoms with Crippen LogP contribution in [-0.2, 0) is 12.8 Å². The molecule has 1 aliphatic heterocycles. The van der Waals surface area contributed by atoms with Gasteiger partial charge in [0.15, 0.2) is 0 Å². The average Bonchev–Trinajstić information content (AvgIpc) is 2.70. The molecule has 0 amide bonds. The minimum absolute atomic E-state index is 0.325. The van der Waals surface area contributed by atoms with Crippen LogP contribution in [0.1, 0.15) is 42.6 Å². The summed E-state index contributed by atoms with van der Waals surface area (Å²) in [6.45, 7) is 5.05. The van der Waals surface area contributed by atoms with Gasteiger partial charge >= 0.3 is 0 Å². The number of aliphatic hydroxyl groups excluding tert-OH is 1. The zero-order valence-electron chi connectivity index (χ0n) is 16.7. The van der Waals surface area contributed by atoms with Gasteiger partial charge in [0.2, 0.25) is 0 Å². The van der Waals surface area contributed by atoms with E-state index in [0.717, 1.165) is 48.3 Å². The van der Waals surface area contributed by atoms with Gasteiger partial charge in [-0.05, 0) is 103 Å². The van der Waals surface area contributed by atoms with Crippen LogP contribution in [-0.4, -0.2) is 41.9 Å².